The van der Waals surface area contributed by atoms with Crippen molar-refractivity contribution >= 4 is 5.91 Å². The van der Waals surface area contributed by atoms with Crippen molar-refractivity contribution in [3.63, 3.8) is 0 Å². The molecule has 0 saturated carbocycles. The van der Waals surface area contributed by atoms with Crippen LogP contribution in [0.4, 0.5) is 0 Å². The average Bonchev–Trinajstić information content (AvgIpc) is 2.91. The summed E-state index contributed by atoms with van der Waals surface area (Å²) in [5.41, 5.74) is 3.53. The Labute approximate surface area is 131 Å². The van der Waals surface area contributed by atoms with Crippen molar-refractivity contribution in [2.24, 2.45) is 0 Å². The van der Waals surface area contributed by atoms with Crippen molar-refractivity contribution in [2.75, 3.05) is 13.2 Å². The van der Waals surface area contributed by atoms with E-state index in [-0.39, 0.29) is 19.1 Å². The number of aliphatic hydroxyl groups excluding tert-OH is 1. The number of aryl methyl sites for hydroxylation is 1. The first-order valence-electron chi connectivity index (χ1n) is 7.52. The van der Waals surface area contributed by atoms with Gasteiger partial charge >= 0.3 is 0 Å². The standard InChI is InChI=1S/C17H23N3O2/c1-12(2)14-5-4-6-15(9-14)17(22)20(7-8-21)10-16-13(3)18-11-19-16/h4-6,9,11-12,21H,7-8,10H2,1-3H3,(H,18,19). The number of aliphatic hydroxyl groups is 1. The summed E-state index contributed by atoms with van der Waals surface area (Å²) in [6, 6.07) is 7.67. The molecule has 0 spiro atoms. The molecule has 0 saturated heterocycles. The number of benzene rings is 1. The number of carbonyl (C=O) groups is 1. The van der Waals surface area contributed by atoms with Gasteiger partial charge in [-0.2, -0.15) is 0 Å². The van der Waals surface area contributed by atoms with Crippen molar-refractivity contribution in [1.82, 2.24) is 14.9 Å². The molecule has 118 valence electrons. The number of H-pyrrole nitrogens is 1. The second kappa shape index (κ2) is 7.22. The molecule has 0 radical (unpaired) electrons. The molecule has 22 heavy (non-hydrogen) atoms. The van der Waals surface area contributed by atoms with Crippen molar-refractivity contribution < 1.29 is 9.90 Å². The summed E-state index contributed by atoms with van der Waals surface area (Å²) in [6.45, 7) is 6.73. The van der Waals surface area contributed by atoms with Gasteiger partial charge in [0.1, 0.15) is 0 Å². The molecule has 5 nitrogen and oxygen atoms in total. The van der Waals surface area contributed by atoms with Gasteiger partial charge in [0.05, 0.1) is 25.2 Å². The third-order valence-electron chi connectivity index (χ3n) is 3.73. The zero-order valence-corrected chi connectivity index (χ0v) is 13.3. The number of nitrogens with zero attached hydrogens (tertiary/aromatic N) is 2. The maximum Gasteiger partial charge on any atom is 0.254 e. The number of hydrogen-bond acceptors (Lipinski definition) is 3. The van der Waals surface area contributed by atoms with Crippen LogP contribution in [0.2, 0.25) is 0 Å². The SMILES string of the molecule is Cc1[nH]cnc1CN(CCO)C(=O)c1cccc(C(C)C)c1. The Bertz CT molecular complexity index is 634. The lowest BCUT2D eigenvalue weighted by atomic mass is 10.0. The van der Waals surface area contributed by atoms with E-state index in [2.05, 4.69) is 23.8 Å². The average molecular weight is 301 g/mol. The predicted molar refractivity (Wildman–Crippen MR) is 85.7 cm³/mol. The van der Waals surface area contributed by atoms with E-state index in [9.17, 15) is 9.90 Å². The van der Waals surface area contributed by atoms with Gasteiger partial charge in [0, 0.05) is 17.8 Å². The van der Waals surface area contributed by atoms with Crippen LogP contribution in [0.1, 0.15) is 47.1 Å². The molecule has 0 unspecified atom stereocenters. The second-order valence-electron chi connectivity index (χ2n) is 5.70. The quantitative estimate of drug-likeness (QED) is 0.861. The zero-order chi connectivity index (χ0) is 16.1. The van der Waals surface area contributed by atoms with Crippen LogP contribution in [0, 0.1) is 6.92 Å². The van der Waals surface area contributed by atoms with E-state index in [0.29, 0.717) is 18.0 Å². The minimum Gasteiger partial charge on any atom is -0.395 e. The monoisotopic (exact) mass is 301 g/mol. The molecule has 2 N–H and O–H groups in total. The molecule has 0 fully saturated rings. The lowest BCUT2D eigenvalue weighted by molar-refractivity contribution is 0.0705. The highest BCUT2D eigenvalue weighted by Crippen LogP contribution is 2.17. The van der Waals surface area contributed by atoms with Gasteiger partial charge in [-0.1, -0.05) is 26.0 Å². The van der Waals surface area contributed by atoms with Gasteiger partial charge in [0.25, 0.3) is 5.91 Å². The van der Waals surface area contributed by atoms with E-state index in [1.54, 1.807) is 11.2 Å². The molecule has 0 aliphatic heterocycles. The molecule has 0 atom stereocenters. The molecule has 5 heteroatoms. The Morgan fingerprint density at radius 1 is 1.41 bits per heavy atom. The predicted octanol–water partition coefficient (Wildman–Crippen LogP) is 2.48. The third kappa shape index (κ3) is 3.74. The summed E-state index contributed by atoms with van der Waals surface area (Å²) >= 11 is 0. The molecular weight excluding hydrogens is 278 g/mol. The molecule has 0 bridgehead atoms. The number of nitrogens with one attached hydrogen (secondary N) is 1. The Balaban J connectivity index is 2.22. The number of rotatable bonds is 6. The van der Waals surface area contributed by atoms with Gasteiger partial charge < -0.3 is 15.0 Å². The molecule has 1 aromatic heterocycles. The van der Waals surface area contributed by atoms with Gasteiger partial charge in [-0.25, -0.2) is 4.98 Å². The summed E-state index contributed by atoms with van der Waals surface area (Å²) in [5, 5.41) is 9.25. The zero-order valence-electron chi connectivity index (χ0n) is 13.3. The van der Waals surface area contributed by atoms with E-state index >= 15 is 0 Å². The topological polar surface area (TPSA) is 69.2 Å². The van der Waals surface area contributed by atoms with E-state index < -0.39 is 0 Å². The van der Waals surface area contributed by atoms with Crippen LogP contribution in [-0.2, 0) is 6.54 Å². The molecular formula is C17H23N3O2. The maximum absolute atomic E-state index is 12.7. The highest BCUT2D eigenvalue weighted by molar-refractivity contribution is 5.94. The van der Waals surface area contributed by atoms with Crippen LogP contribution in [0.3, 0.4) is 0 Å². The molecule has 2 aromatic rings. The molecule has 0 aliphatic rings. The van der Waals surface area contributed by atoms with Crippen molar-refractivity contribution in [1.29, 1.82) is 0 Å². The number of amides is 1. The summed E-state index contributed by atoms with van der Waals surface area (Å²) in [7, 11) is 0. The molecule has 0 aliphatic carbocycles. The van der Waals surface area contributed by atoms with E-state index in [4.69, 9.17) is 0 Å². The number of aromatic nitrogens is 2. The first-order valence-corrected chi connectivity index (χ1v) is 7.52. The molecule has 1 amide bonds. The van der Waals surface area contributed by atoms with Gasteiger partial charge in [-0.05, 0) is 30.5 Å². The molecule has 2 rings (SSSR count). The summed E-state index contributed by atoms with van der Waals surface area (Å²) in [6.07, 6.45) is 1.62. The van der Waals surface area contributed by atoms with E-state index in [0.717, 1.165) is 17.0 Å². The third-order valence-corrected chi connectivity index (χ3v) is 3.73. The summed E-state index contributed by atoms with van der Waals surface area (Å²) in [5.74, 6) is 0.284. The minimum atomic E-state index is -0.0843. The number of hydrogen-bond donors (Lipinski definition) is 2. The van der Waals surface area contributed by atoms with Gasteiger partial charge in [0.2, 0.25) is 0 Å². The lowest BCUT2D eigenvalue weighted by Crippen LogP contribution is -2.33. The Morgan fingerprint density at radius 2 is 2.18 bits per heavy atom. The minimum absolute atomic E-state index is 0.0704. The number of carbonyl (C=O) groups excluding carboxylic acids is 1. The maximum atomic E-state index is 12.7. The molecule has 1 aromatic carbocycles. The normalized spacial score (nSPS) is 11.0. The van der Waals surface area contributed by atoms with Crippen LogP contribution >= 0.6 is 0 Å². The second-order valence-corrected chi connectivity index (χ2v) is 5.70. The summed E-state index contributed by atoms with van der Waals surface area (Å²) in [4.78, 5) is 21.6. The Kier molecular flexibility index (Phi) is 5.33. The highest BCUT2D eigenvalue weighted by Gasteiger charge is 2.18. The highest BCUT2D eigenvalue weighted by atomic mass is 16.3. The van der Waals surface area contributed by atoms with Crippen LogP contribution in [-0.4, -0.2) is 39.0 Å². The smallest absolute Gasteiger partial charge is 0.254 e. The Morgan fingerprint density at radius 3 is 2.77 bits per heavy atom. The first-order chi connectivity index (χ1) is 10.5. The van der Waals surface area contributed by atoms with Gasteiger partial charge in [-0.3, -0.25) is 4.79 Å². The largest absolute Gasteiger partial charge is 0.395 e. The van der Waals surface area contributed by atoms with Crippen molar-refractivity contribution in [2.45, 2.75) is 33.2 Å². The van der Waals surface area contributed by atoms with Crippen molar-refractivity contribution in [3.05, 3.63) is 53.1 Å². The van der Waals surface area contributed by atoms with Crippen LogP contribution in [0.25, 0.3) is 0 Å². The fraction of sp³-hybridized carbons (Fsp3) is 0.412. The van der Waals surface area contributed by atoms with Crippen molar-refractivity contribution in [3.8, 4) is 0 Å². The fourth-order valence-corrected chi connectivity index (χ4v) is 2.31. The van der Waals surface area contributed by atoms with E-state index in [1.807, 2.05) is 31.2 Å². The molecule has 1 heterocycles. The van der Waals surface area contributed by atoms with E-state index in [1.165, 1.54) is 0 Å². The fourth-order valence-electron chi connectivity index (χ4n) is 2.31. The Hall–Kier alpha value is -2.14. The van der Waals surface area contributed by atoms with Gasteiger partial charge in [-0.15, -0.1) is 0 Å². The van der Waals surface area contributed by atoms with Crippen LogP contribution < -0.4 is 0 Å². The first kappa shape index (κ1) is 16.2. The number of imidazole rings is 1. The summed E-state index contributed by atoms with van der Waals surface area (Å²) < 4.78 is 0. The van der Waals surface area contributed by atoms with Gasteiger partial charge in [0.15, 0.2) is 0 Å². The lowest BCUT2D eigenvalue weighted by Gasteiger charge is -2.22. The van der Waals surface area contributed by atoms with Crippen LogP contribution in [0.15, 0.2) is 30.6 Å². The van der Waals surface area contributed by atoms with Crippen LogP contribution in [0.5, 0.6) is 0 Å². The number of aromatic amines is 1.